The van der Waals surface area contributed by atoms with Gasteiger partial charge in [0, 0.05) is 19.2 Å². The predicted octanol–water partition coefficient (Wildman–Crippen LogP) is 2.82. The van der Waals surface area contributed by atoms with Crippen molar-refractivity contribution in [3.05, 3.63) is 40.7 Å². The minimum absolute atomic E-state index is 0.205. The maximum absolute atomic E-state index is 12.3. The molecule has 0 aliphatic rings. The number of hydrogen-bond donors (Lipinski definition) is 2. The maximum Gasteiger partial charge on any atom is 0.294 e. The summed E-state index contributed by atoms with van der Waals surface area (Å²) >= 11 is 0. The monoisotopic (exact) mass is 367 g/mol. The van der Waals surface area contributed by atoms with E-state index in [4.69, 9.17) is 4.55 Å². The van der Waals surface area contributed by atoms with Gasteiger partial charge in [-0.2, -0.15) is 8.42 Å². The van der Waals surface area contributed by atoms with E-state index >= 15 is 0 Å². The quantitative estimate of drug-likeness (QED) is 0.665. The Balaban J connectivity index is 2.30. The van der Waals surface area contributed by atoms with Gasteiger partial charge >= 0.3 is 0 Å². The molecular weight excluding hydrogens is 342 g/mol. The third-order valence-electron chi connectivity index (χ3n) is 4.00. The summed E-state index contributed by atoms with van der Waals surface area (Å²) in [7, 11) is -4.25. The lowest BCUT2D eigenvalue weighted by Crippen LogP contribution is -2.26. The second kappa shape index (κ2) is 8.35. The highest BCUT2D eigenvalue weighted by Crippen LogP contribution is 2.15. The number of rotatable bonds is 9. The van der Waals surface area contributed by atoms with Crippen LogP contribution in [0.4, 0.5) is 5.82 Å². The van der Waals surface area contributed by atoms with E-state index < -0.39 is 10.1 Å². The van der Waals surface area contributed by atoms with E-state index in [-0.39, 0.29) is 10.5 Å². The number of benzene rings is 1. The first kappa shape index (κ1) is 19.3. The van der Waals surface area contributed by atoms with Crippen LogP contribution in [0.5, 0.6) is 0 Å². The number of anilines is 1. The van der Waals surface area contributed by atoms with E-state index in [2.05, 4.69) is 23.8 Å². The number of nitrogens with one attached hydrogen (secondary N) is 1. The van der Waals surface area contributed by atoms with Crippen molar-refractivity contribution in [3.8, 4) is 5.69 Å². The second-order valence-electron chi connectivity index (χ2n) is 5.98. The maximum atomic E-state index is 12.3. The number of aromatic amines is 1. The van der Waals surface area contributed by atoms with E-state index in [1.54, 1.807) is 6.07 Å². The van der Waals surface area contributed by atoms with Crippen LogP contribution in [0.15, 0.2) is 40.0 Å². The van der Waals surface area contributed by atoms with E-state index in [9.17, 15) is 13.2 Å². The molecule has 2 rings (SSSR count). The van der Waals surface area contributed by atoms with Gasteiger partial charge in [0.25, 0.3) is 15.7 Å². The molecule has 0 radical (unpaired) electrons. The van der Waals surface area contributed by atoms with Crippen molar-refractivity contribution < 1.29 is 13.0 Å². The van der Waals surface area contributed by atoms with Crippen LogP contribution in [0.2, 0.25) is 0 Å². The summed E-state index contributed by atoms with van der Waals surface area (Å²) in [5.74, 6) is 0.755. The van der Waals surface area contributed by atoms with Crippen LogP contribution < -0.4 is 10.5 Å². The van der Waals surface area contributed by atoms with Crippen LogP contribution in [-0.4, -0.2) is 35.8 Å². The summed E-state index contributed by atoms with van der Waals surface area (Å²) in [5.41, 5.74) is 0.294. The Morgan fingerprint density at radius 3 is 2.12 bits per heavy atom. The summed E-state index contributed by atoms with van der Waals surface area (Å²) < 4.78 is 32.6. The third kappa shape index (κ3) is 4.96. The van der Waals surface area contributed by atoms with Crippen LogP contribution in [0.1, 0.15) is 39.5 Å². The van der Waals surface area contributed by atoms with Gasteiger partial charge in [0.05, 0.1) is 10.6 Å². The lowest BCUT2D eigenvalue weighted by Gasteiger charge is -2.22. The number of unbranched alkanes of at least 4 members (excludes halogenated alkanes) is 2. The molecule has 138 valence electrons. The standard InChI is InChI=1S/C17H25N3O4S/c1-3-5-11-19(12-6-4-2)16-13-17(21)20(18-16)14-7-9-15(10-8-14)25(22,23)24/h7-10,13,18H,3-6,11-12H2,1-2H3,(H,22,23,24). The molecule has 2 aromatic rings. The molecule has 0 fully saturated rings. The molecule has 7 nitrogen and oxygen atoms in total. The van der Waals surface area contributed by atoms with E-state index in [0.717, 1.165) is 44.6 Å². The first-order valence-corrected chi connectivity index (χ1v) is 9.95. The van der Waals surface area contributed by atoms with Gasteiger partial charge in [0.1, 0.15) is 5.82 Å². The Hall–Kier alpha value is -2.06. The van der Waals surface area contributed by atoms with Crippen molar-refractivity contribution in [1.29, 1.82) is 0 Å². The number of hydrogen-bond acceptors (Lipinski definition) is 4. The molecule has 1 heterocycles. The summed E-state index contributed by atoms with van der Waals surface area (Å²) in [4.78, 5) is 14.3. The van der Waals surface area contributed by atoms with E-state index in [0.29, 0.717) is 5.69 Å². The summed E-state index contributed by atoms with van der Waals surface area (Å²) in [6.45, 7) is 6.00. The highest BCUT2D eigenvalue weighted by atomic mass is 32.2. The Kier molecular flexibility index (Phi) is 6.44. The molecule has 0 amide bonds. The highest BCUT2D eigenvalue weighted by molar-refractivity contribution is 7.85. The average Bonchev–Trinajstić information content (AvgIpc) is 2.96. The van der Waals surface area contributed by atoms with Crippen molar-refractivity contribution in [1.82, 2.24) is 9.78 Å². The Labute approximate surface area is 148 Å². The summed E-state index contributed by atoms with van der Waals surface area (Å²) in [5, 5.41) is 3.09. The Bertz CT molecular complexity index is 830. The largest absolute Gasteiger partial charge is 0.357 e. The molecule has 8 heteroatoms. The molecule has 0 spiro atoms. The lowest BCUT2D eigenvalue weighted by molar-refractivity contribution is 0.483. The molecular formula is C17H25N3O4S. The SMILES string of the molecule is CCCCN(CCCC)c1cc(=O)n(-c2ccc(S(=O)(=O)O)cc2)[nH]1. The third-order valence-corrected chi connectivity index (χ3v) is 4.87. The van der Waals surface area contributed by atoms with Crippen LogP contribution >= 0.6 is 0 Å². The second-order valence-corrected chi connectivity index (χ2v) is 7.40. The van der Waals surface area contributed by atoms with Crippen LogP contribution in [-0.2, 0) is 10.1 Å². The van der Waals surface area contributed by atoms with Gasteiger partial charge < -0.3 is 4.90 Å². The average molecular weight is 367 g/mol. The minimum Gasteiger partial charge on any atom is -0.357 e. The minimum atomic E-state index is -4.25. The predicted molar refractivity (Wildman–Crippen MR) is 98.2 cm³/mol. The molecule has 0 aliphatic heterocycles. The fourth-order valence-corrected chi connectivity index (χ4v) is 3.04. The fraction of sp³-hybridized carbons (Fsp3) is 0.471. The normalized spacial score (nSPS) is 11.6. The fourth-order valence-electron chi connectivity index (χ4n) is 2.56. The number of H-pyrrole nitrogens is 1. The van der Waals surface area contributed by atoms with Gasteiger partial charge in [-0.25, -0.2) is 4.68 Å². The first-order chi connectivity index (χ1) is 11.9. The van der Waals surface area contributed by atoms with Gasteiger partial charge in [0.2, 0.25) is 0 Å². The summed E-state index contributed by atoms with van der Waals surface area (Å²) in [6, 6.07) is 7.05. The van der Waals surface area contributed by atoms with E-state index in [1.165, 1.54) is 28.9 Å². The zero-order chi connectivity index (χ0) is 18.4. The zero-order valence-corrected chi connectivity index (χ0v) is 15.4. The molecule has 0 bridgehead atoms. The molecule has 0 saturated carbocycles. The van der Waals surface area contributed by atoms with Gasteiger partial charge in [0.15, 0.2) is 0 Å². The molecule has 0 saturated heterocycles. The smallest absolute Gasteiger partial charge is 0.294 e. The molecule has 0 unspecified atom stereocenters. The van der Waals surface area contributed by atoms with Gasteiger partial charge in [-0.05, 0) is 37.1 Å². The molecule has 1 aromatic carbocycles. The summed E-state index contributed by atoms with van der Waals surface area (Å²) in [6.07, 6.45) is 4.23. The van der Waals surface area contributed by atoms with E-state index in [1.807, 2.05) is 0 Å². The molecule has 1 aromatic heterocycles. The number of nitrogens with zero attached hydrogens (tertiary/aromatic N) is 2. The van der Waals surface area contributed by atoms with Crippen molar-refractivity contribution in [2.45, 2.75) is 44.4 Å². The van der Waals surface area contributed by atoms with Crippen LogP contribution in [0.25, 0.3) is 5.69 Å². The number of aromatic nitrogens is 2. The van der Waals surface area contributed by atoms with Gasteiger partial charge in [-0.15, -0.1) is 0 Å². The zero-order valence-electron chi connectivity index (χ0n) is 14.6. The molecule has 0 aliphatic carbocycles. The van der Waals surface area contributed by atoms with Crippen molar-refractivity contribution in [2.75, 3.05) is 18.0 Å². The molecule has 2 N–H and O–H groups in total. The van der Waals surface area contributed by atoms with Crippen LogP contribution in [0, 0.1) is 0 Å². The molecule has 0 atom stereocenters. The van der Waals surface area contributed by atoms with Crippen molar-refractivity contribution in [3.63, 3.8) is 0 Å². The van der Waals surface area contributed by atoms with Crippen molar-refractivity contribution >= 4 is 15.9 Å². The molecule has 25 heavy (non-hydrogen) atoms. The van der Waals surface area contributed by atoms with Gasteiger partial charge in [-0.3, -0.25) is 14.4 Å². The van der Waals surface area contributed by atoms with Crippen molar-refractivity contribution in [2.24, 2.45) is 0 Å². The topological polar surface area (TPSA) is 95.4 Å². The first-order valence-electron chi connectivity index (χ1n) is 8.51. The Morgan fingerprint density at radius 1 is 1.08 bits per heavy atom. The lowest BCUT2D eigenvalue weighted by atomic mass is 10.2. The Morgan fingerprint density at radius 2 is 1.64 bits per heavy atom. The highest BCUT2D eigenvalue weighted by Gasteiger charge is 2.13. The van der Waals surface area contributed by atoms with Gasteiger partial charge in [-0.1, -0.05) is 26.7 Å². The van der Waals surface area contributed by atoms with Crippen LogP contribution in [0.3, 0.4) is 0 Å².